The van der Waals surface area contributed by atoms with Gasteiger partial charge in [-0.2, -0.15) is 0 Å². The number of nitrogens with zero attached hydrogens (tertiary/aromatic N) is 1. The van der Waals surface area contributed by atoms with Gasteiger partial charge in [0.2, 0.25) is 0 Å². The second-order valence-corrected chi connectivity index (χ2v) is 2.79. The molecular weight excluding hydrogens is 156 g/mol. The molecule has 11 heavy (non-hydrogen) atoms. The summed E-state index contributed by atoms with van der Waals surface area (Å²) in [6.07, 6.45) is 0. The maximum Gasteiger partial charge on any atom is 0.176 e. The van der Waals surface area contributed by atoms with Gasteiger partial charge in [0.1, 0.15) is 0 Å². The van der Waals surface area contributed by atoms with Crippen LogP contribution in [0.15, 0.2) is 30.3 Å². The van der Waals surface area contributed by atoms with Crippen LogP contribution in [0.2, 0.25) is 0 Å². The maximum atomic E-state index is 5.00. The van der Waals surface area contributed by atoms with Crippen LogP contribution < -0.4 is 10.2 Å². The van der Waals surface area contributed by atoms with Crippen LogP contribution in [0.1, 0.15) is 0 Å². The number of benzene rings is 1. The summed E-state index contributed by atoms with van der Waals surface area (Å²) in [5.74, 6) is 0. The Balaban J connectivity index is 2.23. The number of hydrogen-bond donors (Lipinski definition) is 1. The third kappa shape index (κ3) is 1.07. The summed E-state index contributed by atoms with van der Waals surface area (Å²) in [6, 6.07) is 10.1. The van der Waals surface area contributed by atoms with Crippen molar-refractivity contribution in [2.75, 3.05) is 11.6 Å². The van der Waals surface area contributed by atoms with E-state index in [1.807, 2.05) is 30.3 Å². The van der Waals surface area contributed by atoms with Crippen molar-refractivity contribution in [1.29, 1.82) is 0 Å². The summed E-state index contributed by atoms with van der Waals surface area (Å²) in [5, 5.41) is 3.83. The van der Waals surface area contributed by atoms with E-state index >= 15 is 0 Å². The van der Waals surface area contributed by atoms with Gasteiger partial charge in [-0.1, -0.05) is 18.2 Å². The number of para-hydroxylation sites is 1. The first-order chi connectivity index (χ1) is 5.38. The van der Waals surface area contributed by atoms with E-state index < -0.39 is 0 Å². The molecule has 1 aliphatic heterocycles. The molecule has 0 amide bonds. The minimum atomic E-state index is 0.816. The van der Waals surface area contributed by atoms with Gasteiger partial charge in [0.05, 0.1) is 6.67 Å². The van der Waals surface area contributed by atoms with E-state index in [0.29, 0.717) is 0 Å². The normalized spacial score (nSPS) is 15.6. The van der Waals surface area contributed by atoms with Crippen molar-refractivity contribution in [2.24, 2.45) is 0 Å². The molecule has 1 saturated heterocycles. The van der Waals surface area contributed by atoms with Crippen molar-refractivity contribution < 1.29 is 0 Å². The zero-order valence-corrected chi connectivity index (χ0v) is 6.77. The molecule has 2 rings (SSSR count). The molecule has 1 aromatic carbocycles. The topological polar surface area (TPSA) is 15.3 Å². The Labute approximate surface area is 70.8 Å². The largest absolute Gasteiger partial charge is 0.344 e. The van der Waals surface area contributed by atoms with Gasteiger partial charge in [0, 0.05) is 5.69 Å². The number of thiocarbonyl (C=S) groups is 1. The molecule has 0 aliphatic carbocycles. The third-order valence-electron chi connectivity index (χ3n) is 1.70. The first-order valence-corrected chi connectivity index (χ1v) is 3.89. The quantitative estimate of drug-likeness (QED) is 0.630. The van der Waals surface area contributed by atoms with Gasteiger partial charge >= 0.3 is 0 Å². The molecule has 0 saturated carbocycles. The Morgan fingerprint density at radius 2 is 2.00 bits per heavy atom. The summed E-state index contributed by atoms with van der Waals surface area (Å²) in [6.45, 7) is 0.836. The van der Waals surface area contributed by atoms with Gasteiger partial charge in [-0.25, -0.2) is 0 Å². The molecule has 0 spiro atoms. The van der Waals surface area contributed by atoms with Crippen LogP contribution in [-0.4, -0.2) is 11.8 Å². The second-order valence-electron chi connectivity index (χ2n) is 2.40. The van der Waals surface area contributed by atoms with Crippen molar-refractivity contribution in [2.45, 2.75) is 0 Å². The molecule has 3 heteroatoms. The van der Waals surface area contributed by atoms with E-state index in [0.717, 1.165) is 17.5 Å². The lowest BCUT2D eigenvalue weighted by Gasteiger charge is -2.35. The van der Waals surface area contributed by atoms with Gasteiger partial charge in [-0.05, 0) is 24.4 Å². The van der Waals surface area contributed by atoms with Crippen LogP contribution in [0, 0.1) is 0 Å². The zero-order chi connectivity index (χ0) is 7.68. The Morgan fingerprint density at radius 1 is 1.27 bits per heavy atom. The Kier molecular flexibility index (Phi) is 1.51. The van der Waals surface area contributed by atoms with E-state index in [9.17, 15) is 0 Å². The van der Waals surface area contributed by atoms with Crippen LogP contribution >= 0.6 is 12.2 Å². The Morgan fingerprint density at radius 3 is 2.45 bits per heavy atom. The van der Waals surface area contributed by atoms with Gasteiger partial charge in [0.25, 0.3) is 0 Å². The lowest BCUT2D eigenvalue weighted by atomic mass is 10.3. The molecule has 1 aliphatic rings. The first kappa shape index (κ1) is 6.61. The van der Waals surface area contributed by atoms with Gasteiger partial charge in [-0.15, -0.1) is 0 Å². The highest BCUT2D eigenvalue weighted by Crippen LogP contribution is 2.15. The predicted octanol–water partition coefficient (Wildman–Crippen LogP) is 1.34. The van der Waals surface area contributed by atoms with Crippen LogP contribution in [0.4, 0.5) is 5.69 Å². The van der Waals surface area contributed by atoms with Crippen LogP contribution in [0.25, 0.3) is 0 Å². The van der Waals surface area contributed by atoms with Gasteiger partial charge in [-0.3, -0.25) is 0 Å². The highest BCUT2D eigenvalue weighted by atomic mass is 32.1. The molecule has 0 atom stereocenters. The Hall–Kier alpha value is -1.09. The molecule has 1 N–H and O–H groups in total. The van der Waals surface area contributed by atoms with Crippen molar-refractivity contribution in [1.82, 2.24) is 5.32 Å². The van der Waals surface area contributed by atoms with E-state index in [-0.39, 0.29) is 0 Å². The highest BCUT2D eigenvalue weighted by Gasteiger charge is 2.19. The summed E-state index contributed by atoms with van der Waals surface area (Å²) >= 11 is 5.00. The minimum absolute atomic E-state index is 0.816. The molecule has 56 valence electrons. The molecule has 2 nitrogen and oxygen atoms in total. The smallest absolute Gasteiger partial charge is 0.176 e. The van der Waals surface area contributed by atoms with Crippen molar-refractivity contribution in [3.05, 3.63) is 30.3 Å². The number of rotatable bonds is 1. The SMILES string of the molecule is S=C1NCN1c1ccccc1. The fourth-order valence-corrected chi connectivity index (χ4v) is 1.27. The number of anilines is 1. The standard InChI is InChI=1S/C8H8N2S/c11-8-9-6-10(8)7-4-2-1-3-5-7/h1-5H,6H2,(H,9,11). The van der Waals surface area contributed by atoms with Crippen molar-refractivity contribution >= 4 is 23.0 Å². The van der Waals surface area contributed by atoms with Crippen LogP contribution in [0.3, 0.4) is 0 Å². The molecule has 1 aromatic rings. The molecule has 0 unspecified atom stereocenters. The van der Waals surface area contributed by atoms with Crippen molar-refractivity contribution in [3.8, 4) is 0 Å². The van der Waals surface area contributed by atoms with E-state index in [2.05, 4.69) is 10.2 Å². The fraction of sp³-hybridized carbons (Fsp3) is 0.125. The predicted molar refractivity (Wildman–Crippen MR) is 49.5 cm³/mol. The summed E-state index contributed by atoms with van der Waals surface area (Å²) in [7, 11) is 0. The van der Waals surface area contributed by atoms with Crippen LogP contribution in [-0.2, 0) is 0 Å². The van der Waals surface area contributed by atoms with E-state index in [1.165, 1.54) is 0 Å². The number of nitrogens with one attached hydrogen (secondary N) is 1. The second kappa shape index (κ2) is 2.51. The fourth-order valence-electron chi connectivity index (χ4n) is 1.04. The molecule has 1 heterocycles. The third-order valence-corrected chi connectivity index (χ3v) is 2.07. The minimum Gasteiger partial charge on any atom is -0.344 e. The highest BCUT2D eigenvalue weighted by molar-refractivity contribution is 7.80. The molecule has 1 fully saturated rings. The average molecular weight is 164 g/mol. The van der Waals surface area contributed by atoms with Crippen LogP contribution in [0.5, 0.6) is 0 Å². The Bertz CT molecular complexity index is 271. The first-order valence-electron chi connectivity index (χ1n) is 3.48. The molecular formula is C8H8N2S. The lowest BCUT2D eigenvalue weighted by Crippen LogP contribution is -2.57. The lowest BCUT2D eigenvalue weighted by molar-refractivity contribution is 0.794. The van der Waals surface area contributed by atoms with E-state index in [4.69, 9.17) is 12.2 Å². The summed E-state index contributed by atoms with van der Waals surface area (Å²) in [5.41, 5.74) is 1.16. The summed E-state index contributed by atoms with van der Waals surface area (Å²) in [4.78, 5) is 2.05. The van der Waals surface area contributed by atoms with E-state index in [1.54, 1.807) is 0 Å². The monoisotopic (exact) mass is 164 g/mol. The zero-order valence-electron chi connectivity index (χ0n) is 5.95. The average Bonchev–Trinajstić information content (AvgIpc) is 2.04. The maximum absolute atomic E-state index is 5.00. The molecule has 0 aromatic heterocycles. The molecule has 0 radical (unpaired) electrons. The van der Waals surface area contributed by atoms with Crippen molar-refractivity contribution in [3.63, 3.8) is 0 Å². The summed E-state index contributed by atoms with van der Waals surface area (Å²) < 4.78 is 0. The molecule has 0 bridgehead atoms. The van der Waals surface area contributed by atoms with Gasteiger partial charge < -0.3 is 10.2 Å². The van der Waals surface area contributed by atoms with Gasteiger partial charge in [0.15, 0.2) is 5.11 Å². The number of hydrogen-bond acceptors (Lipinski definition) is 1.